The number of halogens is 5. The van der Waals surface area contributed by atoms with Crippen molar-refractivity contribution in [1.82, 2.24) is 24.5 Å². The van der Waals surface area contributed by atoms with Crippen molar-refractivity contribution >= 4 is 23.5 Å². The van der Waals surface area contributed by atoms with Crippen LogP contribution in [0.3, 0.4) is 0 Å². The van der Waals surface area contributed by atoms with Crippen LogP contribution in [0.2, 0.25) is 5.02 Å². The fourth-order valence-corrected chi connectivity index (χ4v) is 2.67. The fraction of sp³-hybridized carbons (Fsp3) is 0.294. The van der Waals surface area contributed by atoms with Crippen molar-refractivity contribution in [1.29, 1.82) is 0 Å². The summed E-state index contributed by atoms with van der Waals surface area (Å²) in [6, 6.07) is 6.34. The van der Waals surface area contributed by atoms with Gasteiger partial charge in [-0.3, -0.25) is 14.8 Å². The van der Waals surface area contributed by atoms with Gasteiger partial charge in [0.2, 0.25) is 5.95 Å². The number of amides is 1. The van der Waals surface area contributed by atoms with Gasteiger partial charge in [-0.25, -0.2) is 27.2 Å². The number of hydrogen-bond acceptors (Lipinski definition) is 4. The van der Waals surface area contributed by atoms with E-state index in [1.807, 2.05) is 0 Å². The lowest BCUT2D eigenvalue weighted by Gasteiger charge is -2.14. The van der Waals surface area contributed by atoms with E-state index in [1.54, 1.807) is 24.3 Å². The molecule has 29 heavy (non-hydrogen) atoms. The van der Waals surface area contributed by atoms with Gasteiger partial charge in [-0.2, -0.15) is 5.10 Å². The van der Waals surface area contributed by atoms with Crippen molar-refractivity contribution in [2.24, 2.45) is 0 Å². The SMILES string of the molecule is CC(C(=O)Nc1ncn(Cc2ccc(Cl)cc2)n1)n1nc(C(F)F)cc1C(F)F. The number of aromatic nitrogens is 5. The first-order chi connectivity index (χ1) is 13.7. The largest absolute Gasteiger partial charge is 0.291 e. The van der Waals surface area contributed by atoms with Gasteiger partial charge in [0, 0.05) is 5.02 Å². The Morgan fingerprint density at radius 1 is 1.14 bits per heavy atom. The molecule has 0 aliphatic carbocycles. The molecule has 0 saturated carbocycles. The van der Waals surface area contributed by atoms with Gasteiger partial charge in [-0.05, 0) is 30.7 Å². The lowest BCUT2D eigenvalue weighted by atomic mass is 10.2. The Balaban J connectivity index is 1.70. The molecule has 3 aromatic rings. The lowest BCUT2D eigenvalue weighted by molar-refractivity contribution is -0.119. The number of benzene rings is 1. The smallest absolute Gasteiger partial charge is 0.282 e. The summed E-state index contributed by atoms with van der Waals surface area (Å²) in [5.41, 5.74) is -0.710. The highest BCUT2D eigenvalue weighted by Crippen LogP contribution is 2.27. The molecule has 0 radical (unpaired) electrons. The van der Waals surface area contributed by atoms with Crippen LogP contribution >= 0.6 is 11.6 Å². The summed E-state index contributed by atoms with van der Waals surface area (Å²) in [5, 5.41) is 10.5. The number of carbonyl (C=O) groups is 1. The summed E-state index contributed by atoms with van der Waals surface area (Å²) in [6.07, 6.45) is -4.72. The molecular weight excluding hydrogens is 416 g/mol. The second-order valence-corrected chi connectivity index (χ2v) is 6.53. The van der Waals surface area contributed by atoms with Crippen molar-refractivity contribution in [2.45, 2.75) is 32.4 Å². The number of alkyl halides is 4. The van der Waals surface area contributed by atoms with Crippen LogP contribution in [0.25, 0.3) is 0 Å². The molecule has 0 aliphatic heterocycles. The van der Waals surface area contributed by atoms with E-state index in [1.165, 1.54) is 17.9 Å². The second-order valence-electron chi connectivity index (χ2n) is 6.10. The van der Waals surface area contributed by atoms with E-state index in [0.717, 1.165) is 5.56 Å². The zero-order valence-corrected chi connectivity index (χ0v) is 15.7. The van der Waals surface area contributed by atoms with Crippen LogP contribution in [0.1, 0.15) is 42.8 Å². The molecule has 0 spiro atoms. The molecule has 1 N–H and O–H groups in total. The summed E-state index contributed by atoms with van der Waals surface area (Å²) in [6.45, 7) is 1.62. The normalized spacial score (nSPS) is 12.6. The molecule has 12 heteroatoms. The minimum atomic E-state index is -3.07. The molecule has 0 aliphatic rings. The van der Waals surface area contributed by atoms with E-state index in [2.05, 4.69) is 20.5 Å². The van der Waals surface area contributed by atoms with Crippen molar-refractivity contribution in [3.63, 3.8) is 0 Å². The summed E-state index contributed by atoms with van der Waals surface area (Å²) in [7, 11) is 0. The highest BCUT2D eigenvalue weighted by molar-refractivity contribution is 6.30. The highest BCUT2D eigenvalue weighted by atomic mass is 35.5. The Kier molecular flexibility index (Phi) is 6.16. The number of hydrogen-bond donors (Lipinski definition) is 1. The molecule has 1 unspecified atom stereocenters. The van der Waals surface area contributed by atoms with E-state index in [9.17, 15) is 22.4 Å². The number of carbonyl (C=O) groups excluding carboxylic acids is 1. The third-order valence-corrected chi connectivity index (χ3v) is 4.26. The molecular formula is C17H15ClF4N6O. The minimum absolute atomic E-state index is 0.0596. The van der Waals surface area contributed by atoms with E-state index in [4.69, 9.17) is 11.6 Å². The standard InChI is InChI=1S/C17H15ClF4N6O/c1-9(28-13(15(21)22)6-12(25-28)14(19)20)16(29)24-17-23-8-27(26-17)7-10-2-4-11(18)5-3-10/h2-6,8-9,14-15H,7H2,1H3,(H,24,26,29). The van der Waals surface area contributed by atoms with Gasteiger partial charge >= 0.3 is 0 Å². The Bertz CT molecular complexity index is 988. The Morgan fingerprint density at radius 2 is 1.83 bits per heavy atom. The predicted octanol–water partition coefficient (Wildman–Crippen LogP) is 4.25. The molecule has 3 rings (SSSR count). The molecule has 1 atom stereocenters. The molecule has 154 valence electrons. The van der Waals surface area contributed by atoms with Crippen molar-refractivity contribution < 1.29 is 22.4 Å². The molecule has 7 nitrogen and oxygen atoms in total. The van der Waals surface area contributed by atoms with Gasteiger partial charge in [-0.15, -0.1) is 5.10 Å². The van der Waals surface area contributed by atoms with E-state index in [-0.39, 0.29) is 5.95 Å². The van der Waals surface area contributed by atoms with Crippen LogP contribution in [0, 0.1) is 0 Å². The van der Waals surface area contributed by atoms with Crippen molar-refractivity contribution in [3.8, 4) is 0 Å². The fourth-order valence-electron chi connectivity index (χ4n) is 2.54. The average molecular weight is 431 g/mol. The summed E-state index contributed by atoms with van der Waals surface area (Å²) < 4.78 is 53.8. The summed E-state index contributed by atoms with van der Waals surface area (Å²) in [5.74, 6) is -0.837. The molecule has 0 bridgehead atoms. The zero-order valence-electron chi connectivity index (χ0n) is 14.9. The molecule has 1 aromatic carbocycles. The van der Waals surface area contributed by atoms with Gasteiger partial charge in [-0.1, -0.05) is 23.7 Å². The van der Waals surface area contributed by atoms with Crippen LogP contribution in [0.15, 0.2) is 36.7 Å². The molecule has 2 aromatic heterocycles. The number of rotatable bonds is 7. The lowest BCUT2D eigenvalue weighted by Crippen LogP contribution is -2.26. The van der Waals surface area contributed by atoms with Crippen LogP contribution in [-0.2, 0) is 11.3 Å². The topological polar surface area (TPSA) is 77.6 Å². The Morgan fingerprint density at radius 3 is 2.45 bits per heavy atom. The van der Waals surface area contributed by atoms with Gasteiger partial charge in [0.05, 0.1) is 6.54 Å². The van der Waals surface area contributed by atoms with E-state index in [0.29, 0.717) is 22.3 Å². The maximum atomic E-state index is 13.1. The van der Waals surface area contributed by atoms with Crippen LogP contribution in [-0.4, -0.2) is 30.5 Å². The minimum Gasteiger partial charge on any atom is -0.291 e. The molecule has 2 heterocycles. The zero-order chi connectivity index (χ0) is 21.1. The quantitative estimate of drug-likeness (QED) is 0.568. The number of nitrogens with zero attached hydrogens (tertiary/aromatic N) is 5. The maximum absolute atomic E-state index is 13.1. The second kappa shape index (κ2) is 8.60. The van der Waals surface area contributed by atoms with E-state index < -0.39 is 36.2 Å². The first-order valence-electron chi connectivity index (χ1n) is 8.35. The molecule has 0 fully saturated rings. The van der Waals surface area contributed by atoms with Crippen LogP contribution < -0.4 is 5.32 Å². The number of anilines is 1. The third-order valence-electron chi connectivity index (χ3n) is 4.01. The van der Waals surface area contributed by atoms with Crippen molar-refractivity contribution in [2.75, 3.05) is 5.32 Å². The molecule has 1 amide bonds. The maximum Gasteiger partial charge on any atom is 0.282 e. The van der Waals surface area contributed by atoms with Crippen molar-refractivity contribution in [3.05, 3.63) is 58.6 Å². The van der Waals surface area contributed by atoms with E-state index >= 15 is 0 Å². The number of nitrogens with one attached hydrogen (secondary N) is 1. The summed E-state index contributed by atoms with van der Waals surface area (Å²) >= 11 is 5.83. The van der Waals surface area contributed by atoms with Gasteiger partial charge in [0.1, 0.15) is 23.8 Å². The average Bonchev–Trinajstić information content (AvgIpc) is 3.30. The van der Waals surface area contributed by atoms with Crippen LogP contribution in [0.5, 0.6) is 0 Å². The first kappa shape index (κ1) is 20.8. The highest BCUT2D eigenvalue weighted by Gasteiger charge is 2.27. The van der Waals surface area contributed by atoms with Gasteiger partial charge < -0.3 is 0 Å². The third kappa shape index (κ3) is 4.91. The molecule has 0 saturated heterocycles. The first-order valence-corrected chi connectivity index (χ1v) is 8.72. The summed E-state index contributed by atoms with van der Waals surface area (Å²) in [4.78, 5) is 16.3. The van der Waals surface area contributed by atoms with Crippen LogP contribution in [0.4, 0.5) is 23.5 Å². The van der Waals surface area contributed by atoms with Gasteiger partial charge in [0.15, 0.2) is 0 Å². The Labute approximate surface area is 167 Å². The monoisotopic (exact) mass is 430 g/mol. The predicted molar refractivity (Wildman–Crippen MR) is 96.1 cm³/mol. The van der Waals surface area contributed by atoms with Gasteiger partial charge in [0.25, 0.3) is 18.8 Å². The Hall–Kier alpha value is -2.95.